The largest absolute Gasteiger partial charge is 0.416 e. The normalized spacial score (nSPS) is 12.7. The minimum atomic E-state index is -4.68. The van der Waals surface area contributed by atoms with Crippen molar-refractivity contribution in [1.29, 1.82) is 5.26 Å². The number of amides is 2. The second kappa shape index (κ2) is 9.33. The number of para-hydroxylation sites is 1. The summed E-state index contributed by atoms with van der Waals surface area (Å²) in [5, 5.41) is 11.6. The van der Waals surface area contributed by atoms with Crippen molar-refractivity contribution in [2.45, 2.75) is 18.6 Å². The third kappa shape index (κ3) is 5.89. The molecule has 0 aliphatic carbocycles. The van der Waals surface area contributed by atoms with Crippen LogP contribution < -0.4 is 10.0 Å². The summed E-state index contributed by atoms with van der Waals surface area (Å²) >= 11 is 0. The summed E-state index contributed by atoms with van der Waals surface area (Å²) < 4.78 is 64.4. The number of rotatable bonds is 7. The highest BCUT2D eigenvalue weighted by atomic mass is 32.2. The number of aromatic amines is 1. The number of halogens is 3. The van der Waals surface area contributed by atoms with Crippen molar-refractivity contribution in [1.82, 2.24) is 15.0 Å². The lowest BCUT2D eigenvalue weighted by Crippen LogP contribution is -2.49. The van der Waals surface area contributed by atoms with Crippen LogP contribution in [0.1, 0.15) is 21.5 Å². The van der Waals surface area contributed by atoms with Crippen LogP contribution in [0, 0.1) is 11.3 Å². The molecule has 172 valence electrons. The molecule has 0 radical (unpaired) electrons. The molecule has 3 N–H and O–H groups in total. The molecule has 8 nitrogen and oxygen atoms in total. The summed E-state index contributed by atoms with van der Waals surface area (Å²) in [5.74, 6) is -3.12. The Labute approximate surface area is 186 Å². The lowest BCUT2D eigenvalue weighted by Gasteiger charge is -2.18. The first-order valence-corrected chi connectivity index (χ1v) is 11.1. The zero-order valence-electron chi connectivity index (χ0n) is 16.8. The maximum Gasteiger partial charge on any atom is 0.416 e. The Kier molecular flexibility index (Phi) is 6.73. The van der Waals surface area contributed by atoms with Crippen LogP contribution in [0.15, 0.2) is 54.7 Å². The van der Waals surface area contributed by atoms with Gasteiger partial charge in [-0.25, -0.2) is 8.42 Å². The number of hydrogen-bond acceptors (Lipinski definition) is 5. The van der Waals surface area contributed by atoms with E-state index in [0.717, 1.165) is 23.7 Å². The maximum absolute atomic E-state index is 13.0. The predicted octanol–water partition coefficient (Wildman–Crippen LogP) is 2.50. The van der Waals surface area contributed by atoms with Crippen molar-refractivity contribution in [3.63, 3.8) is 0 Å². The Morgan fingerprint density at radius 2 is 1.85 bits per heavy atom. The van der Waals surface area contributed by atoms with E-state index in [1.807, 2.05) is 0 Å². The van der Waals surface area contributed by atoms with E-state index in [2.05, 4.69) is 10.3 Å². The molecule has 3 rings (SSSR count). The van der Waals surface area contributed by atoms with Crippen LogP contribution in [0.4, 0.5) is 13.2 Å². The van der Waals surface area contributed by atoms with E-state index in [9.17, 15) is 31.2 Å². The van der Waals surface area contributed by atoms with Gasteiger partial charge in [0.25, 0.3) is 11.8 Å². The lowest BCUT2D eigenvalue weighted by atomic mass is 10.0. The van der Waals surface area contributed by atoms with Gasteiger partial charge < -0.3 is 10.3 Å². The van der Waals surface area contributed by atoms with Crippen molar-refractivity contribution in [3.05, 3.63) is 71.4 Å². The highest BCUT2D eigenvalue weighted by Crippen LogP contribution is 2.29. The predicted molar refractivity (Wildman–Crippen MR) is 112 cm³/mol. The second-order valence-electron chi connectivity index (χ2n) is 7.05. The molecule has 2 aromatic carbocycles. The highest BCUT2D eigenvalue weighted by Gasteiger charge is 2.32. The fourth-order valence-electron chi connectivity index (χ4n) is 3.15. The fourth-order valence-corrected chi connectivity index (χ4v) is 3.84. The first-order valence-electron chi connectivity index (χ1n) is 9.44. The molecule has 1 heterocycles. The van der Waals surface area contributed by atoms with Crippen LogP contribution in [0.2, 0.25) is 0 Å². The number of nitrogens with one attached hydrogen (secondary N) is 3. The number of benzene rings is 2. The molecule has 0 bridgehead atoms. The van der Waals surface area contributed by atoms with Gasteiger partial charge in [0, 0.05) is 29.1 Å². The maximum atomic E-state index is 13.0. The van der Waals surface area contributed by atoms with Crippen molar-refractivity contribution in [3.8, 4) is 6.07 Å². The third-order valence-electron chi connectivity index (χ3n) is 4.68. The molecule has 12 heteroatoms. The van der Waals surface area contributed by atoms with E-state index >= 15 is 0 Å². The van der Waals surface area contributed by atoms with Gasteiger partial charge in [-0.2, -0.15) is 18.4 Å². The first kappa shape index (κ1) is 23.8. The van der Waals surface area contributed by atoms with E-state index < -0.39 is 45.4 Å². The van der Waals surface area contributed by atoms with Gasteiger partial charge in [0.05, 0.1) is 11.6 Å². The Bertz CT molecular complexity index is 1340. The molecule has 3 aromatic rings. The van der Waals surface area contributed by atoms with Gasteiger partial charge >= 0.3 is 6.18 Å². The molecule has 1 aromatic heterocycles. The first-order chi connectivity index (χ1) is 15.5. The third-order valence-corrected chi connectivity index (χ3v) is 5.70. The van der Waals surface area contributed by atoms with Gasteiger partial charge in [-0.1, -0.05) is 24.3 Å². The summed E-state index contributed by atoms with van der Waals surface area (Å²) in [6.45, 7) is 0. The minimum Gasteiger partial charge on any atom is -0.361 e. The number of carbonyl (C=O) groups excluding carboxylic acids is 2. The van der Waals surface area contributed by atoms with Gasteiger partial charge in [-0.3, -0.25) is 14.3 Å². The Morgan fingerprint density at radius 1 is 1.12 bits per heavy atom. The lowest BCUT2D eigenvalue weighted by molar-refractivity contribution is -0.137. The molecule has 0 saturated heterocycles. The molecule has 0 aliphatic rings. The second-order valence-corrected chi connectivity index (χ2v) is 8.77. The monoisotopic (exact) mass is 478 g/mol. The van der Waals surface area contributed by atoms with Crippen LogP contribution in [-0.2, 0) is 27.4 Å². The molecular formula is C21H17F3N4O4S. The summed E-state index contributed by atoms with van der Waals surface area (Å²) in [7, 11) is -4.29. The number of nitrogens with zero attached hydrogens (tertiary/aromatic N) is 1. The number of aromatic nitrogens is 1. The van der Waals surface area contributed by atoms with E-state index in [0.29, 0.717) is 17.0 Å². The van der Waals surface area contributed by atoms with E-state index in [4.69, 9.17) is 5.26 Å². The van der Waals surface area contributed by atoms with Crippen LogP contribution in [-0.4, -0.2) is 37.0 Å². The standard InChI is InChI=1S/C21H17F3N4O4S/c22-21(23,24)15-5-3-4-13(10-15)19(29)27-18(20(30)28-33(31,32)9-8-25)11-14-12-26-17-7-2-1-6-16(14)17/h1-7,10,12,18,26H,9,11H2,(H,27,29)(H,28,30). The molecule has 0 fully saturated rings. The number of H-pyrrole nitrogens is 1. The van der Waals surface area contributed by atoms with Crippen LogP contribution in [0.3, 0.4) is 0 Å². The van der Waals surface area contributed by atoms with Gasteiger partial charge in [0.2, 0.25) is 10.0 Å². The average Bonchev–Trinajstić information content (AvgIpc) is 3.15. The minimum absolute atomic E-state index is 0.164. The molecule has 1 unspecified atom stereocenters. The molecule has 33 heavy (non-hydrogen) atoms. The number of alkyl halides is 3. The fraction of sp³-hybridized carbons (Fsp3) is 0.190. The number of fused-ring (bicyclic) bond motifs is 1. The number of sulfonamides is 1. The van der Waals surface area contributed by atoms with Crippen molar-refractivity contribution in [2.75, 3.05) is 5.75 Å². The van der Waals surface area contributed by atoms with E-state index in [1.54, 1.807) is 35.2 Å². The quantitative estimate of drug-likeness (QED) is 0.480. The van der Waals surface area contributed by atoms with Gasteiger partial charge in [-0.05, 0) is 29.8 Å². The topological polar surface area (TPSA) is 132 Å². The summed E-state index contributed by atoms with van der Waals surface area (Å²) in [6, 6.07) is 10.6. The highest BCUT2D eigenvalue weighted by molar-refractivity contribution is 7.90. The molecule has 0 spiro atoms. The Morgan fingerprint density at radius 3 is 2.55 bits per heavy atom. The van der Waals surface area contributed by atoms with E-state index in [1.165, 1.54) is 6.07 Å². The average molecular weight is 478 g/mol. The van der Waals surface area contributed by atoms with Crippen LogP contribution >= 0.6 is 0 Å². The van der Waals surface area contributed by atoms with Crippen molar-refractivity contribution in [2.24, 2.45) is 0 Å². The van der Waals surface area contributed by atoms with Gasteiger partial charge in [0.15, 0.2) is 5.75 Å². The number of hydrogen-bond donors (Lipinski definition) is 3. The summed E-state index contributed by atoms with van der Waals surface area (Å²) in [6.07, 6.45) is -3.27. The van der Waals surface area contributed by atoms with Crippen LogP contribution in [0.25, 0.3) is 10.9 Å². The van der Waals surface area contributed by atoms with Crippen molar-refractivity contribution >= 4 is 32.7 Å². The summed E-state index contributed by atoms with van der Waals surface area (Å²) in [4.78, 5) is 28.3. The molecule has 0 saturated carbocycles. The number of nitriles is 1. The Hall–Kier alpha value is -3.85. The van der Waals surface area contributed by atoms with Crippen molar-refractivity contribution < 1.29 is 31.2 Å². The smallest absolute Gasteiger partial charge is 0.361 e. The SMILES string of the molecule is N#CCS(=O)(=O)NC(=O)C(Cc1c[nH]c2ccccc12)NC(=O)c1cccc(C(F)(F)F)c1. The zero-order chi connectivity index (χ0) is 24.2. The van der Waals surface area contributed by atoms with Gasteiger partial charge in [-0.15, -0.1) is 0 Å². The number of carbonyl (C=O) groups is 2. The molecular weight excluding hydrogens is 461 g/mol. The molecule has 0 aliphatic heterocycles. The zero-order valence-corrected chi connectivity index (χ0v) is 17.6. The molecule has 2 amide bonds. The van der Waals surface area contributed by atoms with Crippen LogP contribution in [0.5, 0.6) is 0 Å². The molecule has 1 atom stereocenters. The Balaban J connectivity index is 1.90. The summed E-state index contributed by atoms with van der Waals surface area (Å²) in [5.41, 5.74) is -0.119. The van der Waals surface area contributed by atoms with Gasteiger partial charge in [0.1, 0.15) is 6.04 Å². The van der Waals surface area contributed by atoms with E-state index in [-0.39, 0.29) is 12.0 Å².